The molecule has 1 fully saturated rings. The number of rotatable bonds is 3. The molecule has 1 saturated carbocycles. The zero-order chi connectivity index (χ0) is 12.3. The molecule has 3 nitrogen and oxygen atoms in total. The highest BCUT2D eigenvalue weighted by atomic mass is 19.1. The van der Waals surface area contributed by atoms with Crippen molar-refractivity contribution in [2.24, 2.45) is 11.7 Å². The van der Waals surface area contributed by atoms with Crippen LogP contribution in [0, 0.1) is 11.7 Å². The van der Waals surface area contributed by atoms with Crippen LogP contribution in [-0.2, 0) is 11.3 Å². The Morgan fingerprint density at radius 1 is 1.41 bits per heavy atom. The molecule has 17 heavy (non-hydrogen) atoms. The first-order valence-electron chi connectivity index (χ1n) is 5.93. The molecule has 0 aromatic heterocycles. The lowest BCUT2D eigenvalue weighted by Crippen LogP contribution is -2.30. The van der Waals surface area contributed by atoms with Gasteiger partial charge in [0.15, 0.2) is 0 Å². The van der Waals surface area contributed by atoms with Crippen LogP contribution in [0.2, 0.25) is 0 Å². The van der Waals surface area contributed by atoms with E-state index in [1.54, 1.807) is 18.2 Å². The molecular weight excluding hydrogens is 219 g/mol. The standard InChI is InChI=1S/C13H17FN2O/c14-12-4-2-1-3-10(12)8-16-13(17)9-5-6-11(15)7-9/h1-4,9,11H,5-8,15H2,(H,16,17). The smallest absolute Gasteiger partial charge is 0.223 e. The molecule has 3 N–H and O–H groups in total. The molecule has 1 aromatic carbocycles. The summed E-state index contributed by atoms with van der Waals surface area (Å²) in [5.41, 5.74) is 6.27. The van der Waals surface area contributed by atoms with E-state index in [1.807, 2.05) is 0 Å². The Morgan fingerprint density at radius 3 is 2.82 bits per heavy atom. The highest BCUT2D eigenvalue weighted by molar-refractivity contribution is 5.79. The summed E-state index contributed by atoms with van der Waals surface area (Å²) in [4.78, 5) is 11.8. The van der Waals surface area contributed by atoms with Crippen LogP contribution < -0.4 is 11.1 Å². The van der Waals surface area contributed by atoms with E-state index in [4.69, 9.17) is 5.73 Å². The second-order valence-electron chi connectivity index (χ2n) is 4.58. The van der Waals surface area contributed by atoms with Gasteiger partial charge >= 0.3 is 0 Å². The van der Waals surface area contributed by atoms with Crippen LogP contribution in [0.1, 0.15) is 24.8 Å². The molecule has 1 amide bonds. The molecule has 1 aliphatic rings. The third-order valence-corrected chi connectivity index (χ3v) is 3.25. The molecule has 4 heteroatoms. The fraction of sp³-hybridized carbons (Fsp3) is 0.462. The van der Waals surface area contributed by atoms with Gasteiger partial charge in [-0.05, 0) is 25.3 Å². The number of hydrogen-bond donors (Lipinski definition) is 2. The van der Waals surface area contributed by atoms with Crippen LogP contribution in [0.5, 0.6) is 0 Å². The van der Waals surface area contributed by atoms with Crippen molar-refractivity contribution in [3.63, 3.8) is 0 Å². The predicted octanol–water partition coefficient (Wildman–Crippen LogP) is 1.57. The van der Waals surface area contributed by atoms with E-state index in [2.05, 4.69) is 5.32 Å². The number of nitrogens with two attached hydrogens (primary N) is 1. The average Bonchev–Trinajstić information content (AvgIpc) is 2.74. The van der Waals surface area contributed by atoms with Crippen molar-refractivity contribution in [2.75, 3.05) is 0 Å². The summed E-state index contributed by atoms with van der Waals surface area (Å²) >= 11 is 0. The highest BCUT2D eigenvalue weighted by Gasteiger charge is 2.27. The van der Waals surface area contributed by atoms with Crippen LogP contribution in [0.15, 0.2) is 24.3 Å². The summed E-state index contributed by atoms with van der Waals surface area (Å²) in [5.74, 6) is -0.297. The molecular formula is C13H17FN2O. The fourth-order valence-electron chi connectivity index (χ4n) is 2.22. The average molecular weight is 236 g/mol. The Hall–Kier alpha value is -1.42. The molecule has 2 rings (SSSR count). The van der Waals surface area contributed by atoms with Crippen LogP contribution in [-0.4, -0.2) is 11.9 Å². The molecule has 0 aliphatic heterocycles. The van der Waals surface area contributed by atoms with E-state index in [1.165, 1.54) is 6.07 Å². The lowest BCUT2D eigenvalue weighted by Gasteiger charge is -2.11. The molecule has 2 atom stereocenters. The van der Waals surface area contributed by atoms with Crippen molar-refractivity contribution in [1.82, 2.24) is 5.32 Å². The lowest BCUT2D eigenvalue weighted by atomic mass is 10.1. The quantitative estimate of drug-likeness (QED) is 0.837. The third kappa shape index (κ3) is 3.03. The third-order valence-electron chi connectivity index (χ3n) is 3.25. The first kappa shape index (κ1) is 12.0. The van der Waals surface area contributed by atoms with Crippen molar-refractivity contribution in [3.8, 4) is 0 Å². The van der Waals surface area contributed by atoms with Gasteiger partial charge in [-0.25, -0.2) is 4.39 Å². The van der Waals surface area contributed by atoms with Crippen molar-refractivity contribution >= 4 is 5.91 Å². The maximum absolute atomic E-state index is 13.3. The van der Waals surface area contributed by atoms with Crippen molar-refractivity contribution in [3.05, 3.63) is 35.6 Å². The van der Waals surface area contributed by atoms with Crippen LogP contribution >= 0.6 is 0 Å². The van der Waals surface area contributed by atoms with Crippen molar-refractivity contribution in [2.45, 2.75) is 31.8 Å². The number of nitrogens with one attached hydrogen (secondary N) is 1. The second-order valence-corrected chi connectivity index (χ2v) is 4.58. The Labute approximate surface area is 100 Å². The molecule has 0 bridgehead atoms. The highest BCUT2D eigenvalue weighted by Crippen LogP contribution is 2.24. The largest absolute Gasteiger partial charge is 0.352 e. The van der Waals surface area contributed by atoms with E-state index < -0.39 is 0 Å². The summed E-state index contributed by atoms with van der Waals surface area (Å²) in [6.07, 6.45) is 2.48. The summed E-state index contributed by atoms with van der Waals surface area (Å²) < 4.78 is 13.3. The summed E-state index contributed by atoms with van der Waals surface area (Å²) in [5, 5.41) is 2.77. The van der Waals surface area contributed by atoms with Crippen LogP contribution in [0.25, 0.3) is 0 Å². The van der Waals surface area contributed by atoms with Crippen molar-refractivity contribution in [1.29, 1.82) is 0 Å². The predicted molar refractivity (Wildman–Crippen MR) is 63.6 cm³/mol. The number of amides is 1. The van der Waals surface area contributed by atoms with Gasteiger partial charge in [0, 0.05) is 24.1 Å². The van der Waals surface area contributed by atoms with Crippen LogP contribution in [0.3, 0.4) is 0 Å². The normalized spacial score (nSPS) is 23.6. The van der Waals surface area contributed by atoms with Gasteiger partial charge in [-0.2, -0.15) is 0 Å². The summed E-state index contributed by atoms with van der Waals surface area (Å²) in [6, 6.07) is 6.61. The Kier molecular flexibility index (Phi) is 3.74. The monoisotopic (exact) mass is 236 g/mol. The molecule has 1 aliphatic carbocycles. The van der Waals surface area contributed by atoms with Crippen LogP contribution in [0.4, 0.5) is 4.39 Å². The van der Waals surface area contributed by atoms with Gasteiger partial charge in [-0.3, -0.25) is 4.79 Å². The topological polar surface area (TPSA) is 55.1 Å². The zero-order valence-electron chi connectivity index (χ0n) is 9.66. The first-order chi connectivity index (χ1) is 8.16. The van der Waals surface area contributed by atoms with Gasteiger partial charge in [0.05, 0.1) is 0 Å². The minimum atomic E-state index is -0.282. The second kappa shape index (κ2) is 5.27. The number of benzene rings is 1. The first-order valence-corrected chi connectivity index (χ1v) is 5.93. The summed E-state index contributed by atoms with van der Waals surface area (Å²) in [7, 11) is 0. The van der Waals surface area contributed by atoms with Gasteiger partial charge in [0.25, 0.3) is 0 Å². The molecule has 0 spiro atoms. The van der Waals surface area contributed by atoms with E-state index >= 15 is 0 Å². The molecule has 0 saturated heterocycles. The van der Waals surface area contributed by atoms with Gasteiger partial charge < -0.3 is 11.1 Å². The molecule has 92 valence electrons. The van der Waals surface area contributed by atoms with E-state index in [0.29, 0.717) is 5.56 Å². The maximum atomic E-state index is 13.3. The summed E-state index contributed by atoms with van der Waals surface area (Å²) in [6.45, 7) is 0.247. The minimum Gasteiger partial charge on any atom is -0.352 e. The van der Waals surface area contributed by atoms with Gasteiger partial charge in [0.1, 0.15) is 5.82 Å². The zero-order valence-corrected chi connectivity index (χ0v) is 9.66. The SMILES string of the molecule is NC1CCC(C(=O)NCc2ccccc2F)C1. The van der Waals surface area contributed by atoms with E-state index in [0.717, 1.165) is 19.3 Å². The van der Waals surface area contributed by atoms with Gasteiger partial charge in [-0.15, -0.1) is 0 Å². The van der Waals surface area contributed by atoms with Crippen molar-refractivity contribution < 1.29 is 9.18 Å². The number of carbonyl (C=O) groups is 1. The molecule has 0 heterocycles. The van der Waals surface area contributed by atoms with E-state index in [9.17, 15) is 9.18 Å². The van der Waals surface area contributed by atoms with E-state index in [-0.39, 0.29) is 30.2 Å². The molecule has 0 radical (unpaired) electrons. The minimum absolute atomic E-state index is 0.00299. The Balaban J connectivity index is 1.86. The maximum Gasteiger partial charge on any atom is 0.223 e. The fourth-order valence-corrected chi connectivity index (χ4v) is 2.22. The molecule has 1 aromatic rings. The van der Waals surface area contributed by atoms with Gasteiger partial charge in [0.2, 0.25) is 5.91 Å². The Bertz CT molecular complexity index is 408. The molecule has 2 unspecified atom stereocenters. The number of hydrogen-bond acceptors (Lipinski definition) is 2. The lowest BCUT2D eigenvalue weighted by molar-refractivity contribution is -0.125. The van der Waals surface area contributed by atoms with Gasteiger partial charge in [-0.1, -0.05) is 18.2 Å². The number of halogens is 1. The Morgan fingerprint density at radius 2 is 2.18 bits per heavy atom. The number of carbonyl (C=O) groups excluding carboxylic acids is 1.